The minimum atomic E-state index is -0.0907. The summed E-state index contributed by atoms with van der Waals surface area (Å²) in [6.45, 7) is 2.11. The number of likely N-dealkylation sites (tertiary alicyclic amines) is 1. The summed E-state index contributed by atoms with van der Waals surface area (Å²) in [7, 11) is 1.62. The highest BCUT2D eigenvalue weighted by Crippen LogP contribution is 2.33. The number of thiocarbonyl (C=S) groups is 1. The van der Waals surface area contributed by atoms with Crippen molar-refractivity contribution in [2.45, 2.75) is 32.1 Å². The molecule has 2 heterocycles. The van der Waals surface area contributed by atoms with Crippen LogP contribution >= 0.6 is 24.0 Å². The van der Waals surface area contributed by atoms with Gasteiger partial charge in [0.1, 0.15) is 10.1 Å². The van der Waals surface area contributed by atoms with Gasteiger partial charge in [-0.2, -0.15) is 0 Å². The molecule has 0 unspecified atom stereocenters. The lowest BCUT2D eigenvalue weighted by molar-refractivity contribution is -0.133. The van der Waals surface area contributed by atoms with Gasteiger partial charge < -0.3 is 9.64 Å². The van der Waals surface area contributed by atoms with E-state index in [9.17, 15) is 9.59 Å². The second-order valence-electron chi connectivity index (χ2n) is 8.73. The van der Waals surface area contributed by atoms with E-state index in [2.05, 4.69) is 24.3 Å². The van der Waals surface area contributed by atoms with Crippen LogP contribution in [0.4, 0.5) is 0 Å². The number of nitrogens with zero attached hydrogens (tertiary/aromatic N) is 2. The molecule has 2 fully saturated rings. The normalized spacial score (nSPS) is 18.1. The molecule has 2 saturated heterocycles. The van der Waals surface area contributed by atoms with Crippen LogP contribution in [-0.4, -0.2) is 52.7 Å². The fourth-order valence-corrected chi connectivity index (χ4v) is 5.76. The van der Waals surface area contributed by atoms with Crippen LogP contribution in [0.25, 0.3) is 6.08 Å². The molecule has 7 heteroatoms. The minimum Gasteiger partial charge on any atom is -0.497 e. The monoisotopic (exact) mass is 494 g/mol. The SMILES string of the molecule is COc1cccc(/C=C2\SC(=S)N(CCCC(=O)N3CCC(Cc4ccccc4)CC3)C2=O)c1. The van der Waals surface area contributed by atoms with Crippen LogP contribution in [-0.2, 0) is 16.0 Å². The average molecular weight is 495 g/mol. The molecule has 0 N–H and O–H groups in total. The zero-order chi connectivity index (χ0) is 23.9. The maximum atomic E-state index is 12.9. The molecule has 178 valence electrons. The fourth-order valence-electron chi connectivity index (χ4n) is 4.46. The Hall–Kier alpha value is -2.64. The molecule has 2 aliphatic heterocycles. The van der Waals surface area contributed by atoms with Gasteiger partial charge in [0.25, 0.3) is 5.91 Å². The summed E-state index contributed by atoms with van der Waals surface area (Å²) in [6, 6.07) is 18.1. The van der Waals surface area contributed by atoms with E-state index >= 15 is 0 Å². The van der Waals surface area contributed by atoms with Crippen LogP contribution in [0.5, 0.6) is 5.75 Å². The third-order valence-corrected chi connectivity index (χ3v) is 7.75. The Balaban J connectivity index is 1.22. The van der Waals surface area contributed by atoms with Crippen molar-refractivity contribution in [2.24, 2.45) is 5.92 Å². The van der Waals surface area contributed by atoms with Crippen molar-refractivity contribution < 1.29 is 14.3 Å². The number of ether oxygens (including phenoxy) is 1. The number of rotatable bonds is 8. The first-order valence-corrected chi connectivity index (χ1v) is 13.0. The summed E-state index contributed by atoms with van der Waals surface area (Å²) < 4.78 is 5.80. The number of thioether (sulfide) groups is 1. The number of hydrogen-bond donors (Lipinski definition) is 0. The van der Waals surface area contributed by atoms with Crippen LogP contribution < -0.4 is 4.74 Å². The number of carbonyl (C=O) groups is 2. The second-order valence-corrected chi connectivity index (χ2v) is 10.4. The topological polar surface area (TPSA) is 49.9 Å². The Morgan fingerprint density at radius 3 is 2.65 bits per heavy atom. The van der Waals surface area contributed by atoms with Gasteiger partial charge in [0, 0.05) is 26.1 Å². The highest BCUT2D eigenvalue weighted by Gasteiger charge is 2.32. The predicted octanol–water partition coefficient (Wildman–Crippen LogP) is 5.16. The molecular formula is C27H30N2O3S2. The highest BCUT2D eigenvalue weighted by molar-refractivity contribution is 8.26. The average Bonchev–Trinajstić information content (AvgIpc) is 3.12. The third kappa shape index (κ3) is 6.27. The number of methoxy groups -OCH3 is 1. The van der Waals surface area contributed by atoms with E-state index in [1.165, 1.54) is 17.3 Å². The minimum absolute atomic E-state index is 0.0907. The fraction of sp³-hybridized carbons (Fsp3) is 0.370. The first-order chi connectivity index (χ1) is 16.5. The van der Waals surface area contributed by atoms with Gasteiger partial charge in [0.05, 0.1) is 12.0 Å². The molecule has 0 saturated carbocycles. The van der Waals surface area contributed by atoms with Crippen molar-refractivity contribution >= 4 is 46.2 Å². The molecular weight excluding hydrogens is 464 g/mol. The Labute approximate surface area is 211 Å². The molecule has 2 aliphatic rings. The summed E-state index contributed by atoms with van der Waals surface area (Å²) in [5, 5.41) is 0. The van der Waals surface area contributed by atoms with E-state index in [0.29, 0.717) is 34.5 Å². The van der Waals surface area contributed by atoms with Crippen LogP contribution in [0.3, 0.4) is 0 Å². The van der Waals surface area contributed by atoms with Crippen molar-refractivity contribution in [3.05, 3.63) is 70.6 Å². The lowest BCUT2D eigenvalue weighted by atomic mass is 9.90. The number of carbonyl (C=O) groups excluding carboxylic acids is 2. The van der Waals surface area contributed by atoms with E-state index < -0.39 is 0 Å². The van der Waals surface area contributed by atoms with Gasteiger partial charge in [0.2, 0.25) is 5.91 Å². The van der Waals surface area contributed by atoms with Gasteiger partial charge in [-0.1, -0.05) is 66.4 Å². The predicted molar refractivity (Wildman–Crippen MR) is 142 cm³/mol. The number of amides is 2. The van der Waals surface area contributed by atoms with E-state index in [1.807, 2.05) is 41.3 Å². The molecule has 0 aromatic heterocycles. The summed E-state index contributed by atoms with van der Waals surface area (Å²) in [6.07, 6.45) is 6.07. The van der Waals surface area contributed by atoms with E-state index in [0.717, 1.165) is 43.7 Å². The van der Waals surface area contributed by atoms with Gasteiger partial charge in [0.15, 0.2) is 0 Å². The third-order valence-electron chi connectivity index (χ3n) is 6.37. The van der Waals surface area contributed by atoms with Gasteiger partial charge in [-0.25, -0.2) is 0 Å². The number of benzene rings is 2. The molecule has 0 aliphatic carbocycles. The lowest BCUT2D eigenvalue weighted by Gasteiger charge is -2.32. The van der Waals surface area contributed by atoms with Crippen molar-refractivity contribution in [1.29, 1.82) is 0 Å². The highest BCUT2D eigenvalue weighted by atomic mass is 32.2. The van der Waals surface area contributed by atoms with Crippen molar-refractivity contribution in [1.82, 2.24) is 9.80 Å². The summed E-state index contributed by atoms with van der Waals surface area (Å²) in [5.74, 6) is 1.47. The van der Waals surface area contributed by atoms with Crippen LogP contribution in [0.2, 0.25) is 0 Å². The molecule has 0 spiro atoms. The van der Waals surface area contributed by atoms with Gasteiger partial charge in [-0.3, -0.25) is 14.5 Å². The Bertz CT molecular complexity index is 1060. The number of hydrogen-bond acceptors (Lipinski definition) is 5. The first-order valence-electron chi connectivity index (χ1n) is 11.7. The Morgan fingerprint density at radius 1 is 1.15 bits per heavy atom. The molecule has 0 bridgehead atoms. The van der Waals surface area contributed by atoms with Crippen molar-refractivity contribution in [3.63, 3.8) is 0 Å². The standard InChI is InChI=1S/C27H30N2O3S2/c1-32-23-10-5-9-22(18-23)19-24-26(31)29(27(33)34-24)14-6-11-25(30)28-15-12-21(13-16-28)17-20-7-3-2-4-8-20/h2-5,7-10,18-19,21H,6,11-17H2,1H3/b24-19-. The van der Waals surface area contributed by atoms with Gasteiger partial charge in [-0.15, -0.1) is 0 Å². The quantitative estimate of drug-likeness (QED) is 0.375. The maximum Gasteiger partial charge on any atom is 0.266 e. The molecule has 0 atom stereocenters. The van der Waals surface area contributed by atoms with Crippen molar-refractivity contribution in [3.8, 4) is 5.75 Å². The lowest BCUT2D eigenvalue weighted by Crippen LogP contribution is -2.39. The summed E-state index contributed by atoms with van der Waals surface area (Å²) in [4.78, 5) is 29.8. The summed E-state index contributed by atoms with van der Waals surface area (Å²) >= 11 is 6.75. The van der Waals surface area contributed by atoms with Crippen LogP contribution in [0.15, 0.2) is 59.5 Å². The van der Waals surface area contributed by atoms with E-state index in [4.69, 9.17) is 17.0 Å². The second kappa shape index (κ2) is 11.7. The Kier molecular flexibility index (Phi) is 8.40. The largest absolute Gasteiger partial charge is 0.497 e. The number of piperidine rings is 1. The van der Waals surface area contributed by atoms with Gasteiger partial charge >= 0.3 is 0 Å². The van der Waals surface area contributed by atoms with Crippen LogP contribution in [0.1, 0.15) is 36.8 Å². The zero-order valence-corrected chi connectivity index (χ0v) is 21.1. The molecule has 4 rings (SSSR count). The van der Waals surface area contributed by atoms with Gasteiger partial charge in [-0.05, 0) is 60.9 Å². The molecule has 2 aromatic carbocycles. The van der Waals surface area contributed by atoms with Crippen LogP contribution in [0, 0.1) is 5.92 Å². The van der Waals surface area contributed by atoms with E-state index in [1.54, 1.807) is 12.0 Å². The maximum absolute atomic E-state index is 12.9. The summed E-state index contributed by atoms with van der Waals surface area (Å²) in [5.41, 5.74) is 2.27. The van der Waals surface area contributed by atoms with E-state index in [-0.39, 0.29) is 11.8 Å². The Morgan fingerprint density at radius 2 is 1.91 bits per heavy atom. The van der Waals surface area contributed by atoms with Crippen molar-refractivity contribution in [2.75, 3.05) is 26.7 Å². The first kappa shape index (κ1) is 24.5. The molecule has 2 aromatic rings. The molecule has 34 heavy (non-hydrogen) atoms. The molecule has 0 radical (unpaired) electrons. The molecule has 5 nitrogen and oxygen atoms in total. The smallest absolute Gasteiger partial charge is 0.266 e. The zero-order valence-electron chi connectivity index (χ0n) is 19.4. The molecule has 2 amide bonds.